The molecule has 0 amide bonds. The van der Waals surface area contributed by atoms with Crippen LogP contribution in [-0.4, -0.2) is 0 Å². The lowest BCUT2D eigenvalue weighted by Gasteiger charge is -2.20. The van der Waals surface area contributed by atoms with E-state index in [1.165, 1.54) is 0 Å². The Morgan fingerprint density at radius 1 is 0.350 bits per heavy atom. The zero-order chi connectivity index (χ0) is 36.0. The first-order valence-electron chi connectivity index (χ1n) is 18.5. The van der Waals surface area contributed by atoms with Gasteiger partial charge in [-0.05, 0) is 82.5 Å². The molecule has 0 spiro atoms. The van der Waals surface area contributed by atoms with E-state index >= 15 is 0 Å². The summed E-state index contributed by atoms with van der Waals surface area (Å²) in [5, 5.41) is 3.64. The topological polar surface area (TPSA) is 0 Å². The molecule has 0 saturated carbocycles. The molecule has 8 rings (SSSR count). The van der Waals surface area contributed by atoms with Crippen molar-refractivity contribution in [2.24, 2.45) is 0 Å². The molecule has 0 atom stereocenters. The van der Waals surface area contributed by atoms with E-state index in [9.17, 15) is 5.48 Å². The van der Waals surface area contributed by atoms with Gasteiger partial charge in [0, 0.05) is 0 Å². The number of rotatable bonds is 3. The third-order valence-corrected chi connectivity index (χ3v) is 7.43. The van der Waals surface area contributed by atoms with E-state index < -0.39 is 30.2 Å². The first kappa shape index (κ1) is 14.3. The first-order valence-corrected chi connectivity index (χ1v) is 13.0. The molecule has 0 bridgehead atoms. The van der Waals surface area contributed by atoms with Crippen LogP contribution in [0.4, 0.5) is 0 Å². The highest BCUT2D eigenvalue weighted by Crippen LogP contribution is 2.46. The van der Waals surface area contributed by atoms with Crippen LogP contribution in [0.2, 0.25) is 0 Å². The Morgan fingerprint density at radius 3 is 1.62 bits per heavy atom. The van der Waals surface area contributed by atoms with Crippen LogP contribution in [0.25, 0.3) is 76.5 Å². The zero-order valence-corrected chi connectivity index (χ0v) is 21.2. The van der Waals surface area contributed by atoms with Crippen LogP contribution < -0.4 is 0 Å². The molecular weight excluding hydrogens is 480 g/mol. The van der Waals surface area contributed by atoms with Crippen LogP contribution >= 0.6 is 0 Å². The summed E-state index contributed by atoms with van der Waals surface area (Å²) in [7, 11) is 0. The molecule has 0 nitrogen and oxygen atoms in total. The average molecular weight is 518 g/mol. The Balaban J connectivity index is 1.59. The Kier molecular flexibility index (Phi) is 3.29. The van der Waals surface area contributed by atoms with Gasteiger partial charge in [-0.1, -0.05) is 151 Å². The molecular formula is C40H26. The second-order valence-electron chi connectivity index (χ2n) is 9.62. The Morgan fingerprint density at radius 2 is 0.900 bits per heavy atom. The van der Waals surface area contributed by atoms with E-state index in [2.05, 4.69) is 0 Å². The van der Waals surface area contributed by atoms with E-state index in [0.717, 1.165) is 10.8 Å². The summed E-state index contributed by atoms with van der Waals surface area (Å²) >= 11 is 0. The molecule has 0 N–H and O–H groups in total. The van der Waals surface area contributed by atoms with Gasteiger partial charge < -0.3 is 0 Å². The van der Waals surface area contributed by atoms with Gasteiger partial charge in [0.15, 0.2) is 0 Å². The molecule has 0 aliphatic carbocycles. The summed E-state index contributed by atoms with van der Waals surface area (Å²) in [6, 6.07) is 23.5. The van der Waals surface area contributed by atoms with E-state index in [0.29, 0.717) is 49.4 Å². The quantitative estimate of drug-likeness (QED) is 0.204. The highest BCUT2D eigenvalue weighted by Gasteiger charge is 2.19. The smallest absolute Gasteiger partial charge is 0.0616 e. The molecule has 8 aromatic carbocycles. The van der Waals surface area contributed by atoms with E-state index in [-0.39, 0.29) is 52.6 Å². The minimum atomic E-state index is -0.540. The summed E-state index contributed by atoms with van der Waals surface area (Å²) in [5.74, 6) is 0. The molecule has 0 saturated heterocycles. The third-order valence-electron chi connectivity index (χ3n) is 7.43. The molecule has 0 unspecified atom stereocenters. The predicted octanol–water partition coefficient (Wildman–Crippen LogP) is 11.3. The summed E-state index contributed by atoms with van der Waals surface area (Å²) in [5.41, 5.74) is 2.24. The van der Waals surface area contributed by atoms with Crippen molar-refractivity contribution in [2.45, 2.75) is 0 Å². The van der Waals surface area contributed by atoms with Gasteiger partial charge >= 0.3 is 0 Å². The molecule has 0 heteroatoms. The maximum absolute atomic E-state index is 9.37. The minimum absolute atomic E-state index is 0.0284. The highest BCUT2D eigenvalue weighted by molar-refractivity contribution is 6.23. The van der Waals surface area contributed by atoms with E-state index in [4.69, 9.17) is 9.60 Å². The zero-order valence-electron chi connectivity index (χ0n) is 32.2. The fourth-order valence-electron chi connectivity index (χ4n) is 5.72. The van der Waals surface area contributed by atoms with Crippen LogP contribution in [0.5, 0.6) is 0 Å². The van der Waals surface area contributed by atoms with E-state index in [1.54, 1.807) is 24.3 Å². The predicted molar refractivity (Wildman–Crippen MR) is 173 cm³/mol. The normalized spacial score (nSPS) is 15.3. The lowest BCUT2D eigenvalue weighted by Crippen LogP contribution is -1.93. The molecule has 186 valence electrons. The molecule has 0 aliphatic rings. The minimum Gasteiger partial charge on any atom is -0.0616 e. The van der Waals surface area contributed by atoms with Gasteiger partial charge in [-0.15, -0.1) is 0 Å². The number of benzene rings is 8. The Labute approximate surface area is 249 Å². The van der Waals surface area contributed by atoms with Gasteiger partial charge in [-0.3, -0.25) is 0 Å². The molecule has 40 heavy (non-hydrogen) atoms. The number of fused-ring (bicyclic) bond motifs is 4. The molecule has 0 aliphatic heterocycles. The Bertz CT molecular complexity index is 2760. The van der Waals surface area contributed by atoms with Crippen molar-refractivity contribution < 1.29 is 15.1 Å². The molecule has 0 radical (unpaired) electrons. The van der Waals surface area contributed by atoms with Crippen LogP contribution in [-0.2, 0) is 0 Å². The molecule has 0 fully saturated rings. The highest BCUT2D eigenvalue weighted by atomic mass is 14.2. The van der Waals surface area contributed by atoms with Gasteiger partial charge in [0.2, 0.25) is 0 Å². The summed E-state index contributed by atoms with van der Waals surface area (Å²) < 4.78 is 97.3. The van der Waals surface area contributed by atoms with Crippen molar-refractivity contribution in [2.75, 3.05) is 0 Å². The third kappa shape index (κ3) is 3.54. The summed E-state index contributed by atoms with van der Waals surface area (Å²) in [6.07, 6.45) is 0. The fourth-order valence-corrected chi connectivity index (χ4v) is 5.72. The van der Waals surface area contributed by atoms with Crippen molar-refractivity contribution in [3.8, 4) is 33.4 Å². The van der Waals surface area contributed by atoms with E-state index in [1.807, 2.05) is 66.7 Å². The fraction of sp³-hybridized carbons (Fsp3) is 0. The van der Waals surface area contributed by atoms with Gasteiger partial charge in [0.25, 0.3) is 0 Å². The monoisotopic (exact) mass is 517 g/mol. The van der Waals surface area contributed by atoms with Crippen molar-refractivity contribution in [3.63, 3.8) is 0 Å². The Hall–Kier alpha value is -5.20. The summed E-state index contributed by atoms with van der Waals surface area (Å²) in [4.78, 5) is 0. The lowest BCUT2D eigenvalue weighted by molar-refractivity contribution is 1.63. The second kappa shape index (κ2) is 9.22. The number of hydrogen-bond donors (Lipinski definition) is 0. The van der Waals surface area contributed by atoms with Crippen molar-refractivity contribution >= 4 is 43.1 Å². The summed E-state index contributed by atoms with van der Waals surface area (Å²) in [6.45, 7) is 0. The van der Waals surface area contributed by atoms with Crippen molar-refractivity contribution in [1.82, 2.24) is 0 Å². The average Bonchev–Trinajstić information content (AvgIpc) is 3.15. The second-order valence-corrected chi connectivity index (χ2v) is 9.62. The number of hydrogen-bond acceptors (Lipinski definition) is 0. The first-order chi connectivity index (χ1) is 24.5. The van der Waals surface area contributed by atoms with Crippen LogP contribution in [0, 0.1) is 0 Å². The SMILES string of the molecule is [2H]c1c([2H])c([2H])c(-c2c3ccccc3c(-c3c([2H])c([2H])c4c([2H])c([2H])c([2H])c([2H])c4c3[2H])c3ccccc23)c(-c2cccc3ccccc23)c1[2H]. The standard InChI is InChI=1S/C40H26/c1-2-14-29-26-30(25-24-27(29)12-1)39-35-19-7-9-21-37(35)40(38-22-10-8-20-36(38)39)34-18-6-5-17-33(34)32-23-11-15-28-13-3-4-16-31(28)32/h1-26H/i1D,2D,5D,6D,12D,14D,17D,18D,24D,25D,26D. The maximum atomic E-state index is 9.37. The van der Waals surface area contributed by atoms with Gasteiger partial charge in [-0.2, -0.15) is 0 Å². The van der Waals surface area contributed by atoms with Gasteiger partial charge in [-0.25, -0.2) is 0 Å². The maximum Gasteiger partial charge on any atom is 0.0636 e. The van der Waals surface area contributed by atoms with Crippen LogP contribution in [0.3, 0.4) is 0 Å². The molecule has 0 heterocycles. The lowest BCUT2D eigenvalue weighted by atomic mass is 9.83. The van der Waals surface area contributed by atoms with Gasteiger partial charge in [0.05, 0.1) is 15.1 Å². The molecule has 0 aromatic heterocycles. The molecule has 8 aromatic rings. The van der Waals surface area contributed by atoms with Crippen LogP contribution in [0.15, 0.2) is 157 Å². The van der Waals surface area contributed by atoms with Crippen LogP contribution in [0.1, 0.15) is 15.1 Å². The van der Waals surface area contributed by atoms with Crippen molar-refractivity contribution in [1.29, 1.82) is 0 Å². The van der Waals surface area contributed by atoms with Crippen molar-refractivity contribution in [3.05, 3.63) is 157 Å². The largest absolute Gasteiger partial charge is 0.0636 e. The van der Waals surface area contributed by atoms with Gasteiger partial charge in [0.1, 0.15) is 0 Å².